The van der Waals surface area contributed by atoms with Crippen molar-refractivity contribution in [2.24, 2.45) is 0 Å². The summed E-state index contributed by atoms with van der Waals surface area (Å²) in [6.07, 6.45) is 0. The highest BCUT2D eigenvalue weighted by Crippen LogP contribution is 2.21. The van der Waals surface area contributed by atoms with Gasteiger partial charge in [-0.15, -0.1) is 0 Å². The first-order valence-corrected chi connectivity index (χ1v) is 6.82. The van der Waals surface area contributed by atoms with Crippen LogP contribution in [-0.4, -0.2) is 19.1 Å². The molecule has 1 unspecified atom stereocenters. The molecule has 0 aliphatic heterocycles. The summed E-state index contributed by atoms with van der Waals surface area (Å²) >= 11 is 0. The molecule has 0 spiro atoms. The van der Waals surface area contributed by atoms with Crippen LogP contribution in [0.3, 0.4) is 0 Å². The van der Waals surface area contributed by atoms with Gasteiger partial charge in [0.25, 0.3) is 0 Å². The van der Waals surface area contributed by atoms with Gasteiger partial charge in [0, 0.05) is 24.5 Å². The fourth-order valence-electron chi connectivity index (χ4n) is 2.20. The van der Waals surface area contributed by atoms with Gasteiger partial charge in [-0.1, -0.05) is 37.3 Å². The maximum Gasteiger partial charge on any atom is 0.131 e. The average molecular weight is 260 g/mol. The van der Waals surface area contributed by atoms with Gasteiger partial charge >= 0.3 is 0 Å². The number of rotatable bonds is 6. The lowest BCUT2D eigenvalue weighted by Crippen LogP contribution is -2.35. The van der Waals surface area contributed by atoms with Crippen LogP contribution in [0.5, 0.6) is 0 Å². The van der Waals surface area contributed by atoms with E-state index in [4.69, 9.17) is 0 Å². The summed E-state index contributed by atoms with van der Waals surface area (Å²) in [6, 6.07) is 11.4. The minimum atomic E-state index is -0.153. The zero-order chi connectivity index (χ0) is 13.7. The Morgan fingerprint density at radius 2 is 1.84 bits per heavy atom. The summed E-state index contributed by atoms with van der Waals surface area (Å²) in [5.74, 6) is -0.153. The SMILES string of the molecule is CCNCC(C)NCc1ccc(F)c2ccccc12. The first-order valence-electron chi connectivity index (χ1n) is 6.82. The van der Waals surface area contributed by atoms with Gasteiger partial charge in [-0.25, -0.2) is 4.39 Å². The van der Waals surface area contributed by atoms with Crippen LogP contribution >= 0.6 is 0 Å². The number of fused-ring (bicyclic) bond motifs is 1. The lowest BCUT2D eigenvalue weighted by Gasteiger charge is -2.15. The molecule has 0 bridgehead atoms. The first kappa shape index (κ1) is 14.0. The van der Waals surface area contributed by atoms with Crippen molar-refractivity contribution in [3.8, 4) is 0 Å². The number of likely N-dealkylation sites (N-methyl/N-ethyl adjacent to an activating group) is 1. The van der Waals surface area contributed by atoms with E-state index in [1.807, 2.05) is 30.3 Å². The second kappa shape index (κ2) is 6.64. The van der Waals surface area contributed by atoms with Gasteiger partial charge in [0.1, 0.15) is 5.82 Å². The molecular formula is C16H21FN2. The maximum absolute atomic E-state index is 13.7. The van der Waals surface area contributed by atoms with Crippen molar-refractivity contribution in [3.05, 3.63) is 47.8 Å². The van der Waals surface area contributed by atoms with Gasteiger partial charge in [0.05, 0.1) is 0 Å². The molecule has 0 saturated carbocycles. The standard InChI is InChI=1S/C16H21FN2/c1-3-18-10-12(2)19-11-13-8-9-16(17)15-7-5-4-6-14(13)15/h4-9,12,18-19H,3,10-11H2,1-2H3. The normalized spacial score (nSPS) is 12.8. The number of hydrogen-bond acceptors (Lipinski definition) is 2. The lowest BCUT2D eigenvalue weighted by molar-refractivity contribution is 0.510. The Balaban J connectivity index is 2.11. The summed E-state index contributed by atoms with van der Waals surface area (Å²) in [5, 5.41) is 8.46. The summed E-state index contributed by atoms with van der Waals surface area (Å²) < 4.78 is 13.7. The van der Waals surface area contributed by atoms with Crippen molar-refractivity contribution in [1.82, 2.24) is 10.6 Å². The van der Waals surface area contributed by atoms with E-state index in [1.165, 1.54) is 0 Å². The number of nitrogens with one attached hydrogen (secondary N) is 2. The van der Waals surface area contributed by atoms with Crippen molar-refractivity contribution in [2.75, 3.05) is 13.1 Å². The van der Waals surface area contributed by atoms with E-state index in [-0.39, 0.29) is 5.82 Å². The predicted molar refractivity (Wildman–Crippen MR) is 78.8 cm³/mol. The van der Waals surface area contributed by atoms with Crippen molar-refractivity contribution >= 4 is 10.8 Å². The highest BCUT2D eigenvalue weighted by molar-refractivity contribution is 5.86. The molecule has 2 N–H and O–H groups in total. The van der Waals surface area contributed by atoms with E-state index in [0.29, 0.717) is 11.4 Å². The monoisotopic (exact) mass is 260 g/mol. The van der Waals surface area contributed by atoms with Crippen LogP contribution in [0.4, 0.5) is 4.39 Å². The van der Waals surface area contributed by atoms with Crippen molar-refractivity contribution < 1.29 is 4.39 Å². The predicted octanol–water partition coefficient (Wildman–Crippen LogP) is 3.07. The molecule has 2 aromatic rings. The number of halogens is 1. The van der Waals surface area contributed by atoms with E-state index in [2.05, 4.69) is 24.5 Å². The molecule has 102 valence electrons. The fourth-order valence-corrected chi connectivity index (χ4v) is 2.20. The minimum Gasteiger partial charge on any atom is -0.315 e. The third kappa shape index (κ3) is 3.52. The van der Waals surface area contributed by atoms with Gasteiger partial charge in [-0.05, 0) is 30.5 Å². The first-order chi connectivity index (χ1) is 9.22. The van der Waals surface area contributed by atoms with Gasteiger partial charge in [0.2, 0.25) is 0 Å². The summed E-state index contributed by atoms with van der Waals surface area (Å²) in [5.41, 5.74) is 1.14. The van der Waals surface area contributed by atoms with Crippen molar-refractivity contribution in [1.29, 1.82) is 0 Å². The molecule has 0 aliphatic carbocycles. The molecule has 2 rings (SSSR count). The summed E-state index contributed by atoms with van der Waals surface area (Å²) in [7, 11) is 0. The van der Waals surface area contributed by atoms with Crippen LogP contribution in [0.2, 0.25) is 0 Å². The van der Waals surface area contributed by atoms with Crippen LogP contribution < -0.4 is 10.6 Å². The molecule has 0 saturated heterocycles. The molecule has 1 atom stereocenters. The highest BCUT2D eigenvalue weighted by Gasteiger charge is 2.06. The fraction of sp³-hybridized carbons (Fsp3) is 0.375. The van der Waals surface area contributed by atoms with Gasteiger partial charge in [-0.2, -0.15) is 0 Å². The van der Waals surface area contributed by atoms with Gasteiger partial charge in [0.15, 0.2) is 0 Å². The highest BCUT2D eigenvalue weighted by atomic mass is 19.1. The molecule has 2 nitrogen and oxygen atoms in total. The zero-order valence-electron chi connectivity index (χ0n) is 11.5. The van der Waals surface area contributed by atoms with Crippen LogP contribution in [0.25, 0.3) is 10.8 Å². The Kier molecular flexibility index (Phi) is 4.88. The molecular weight excluding hydrogens is 239 g/mol. The van der Waals surface area contributed by atoms with E-state index in [0.717, 1.165) is 30.6 Å². The Bertz CT molecular complexity index is 539. The van der Waals surface area contributed by atoms with E-state index < -0.39 is 0 Å². The zero-order valence-corrected chi connectivity index (χ0v) is 11.5. The van der Waals surface area contributed by atoms with E-state index in [9.17, 15) is 4.39 Å². The quantitative estimate of drug-likeness (QED) is 0.834. The Labute approximate surface area is 114 Å². The molecule has 0 fully saturated rings. The third-order valence-electron chi connectivity index (χ3n) is 3.30. The summed E-state index contributed by atoms with van der Waals surface area (Å²) in [6.45, 7) is 6.92. The van der Waals surface area contributed by atoms with Gasteiger partial charge in [-0.3, -0.25) is 0 Å². The molecule has 19 heavy (non-hydrogen) atoms. The second-order valence-electron chi connectivity index (χ2n) is 4.84. The van der Waals surface area contributed by atoms with Crippen LogP contribution in [0, 0.1) is 5.82 Å². The number of hydrogen-bond donors (Lipinski definition) is 2. The Morgan fingerprint density at radius 1 is 1.11 bits per heavy atom. The summed E-state index contributed by atoms with van der Waals surface area (Å²) in [4.78, 5) is 0. The van der Waals surface area contributed by atoms with Crippen molar-refractivity contribution in [3.63, 3.8) is 0 Å². The smallest absolute Gasteiger partial charge is 0.131 e. The Morgan fingerprint density at radius 3 is 2.58 bits per heavy atom. The van der Waals surface area contributed by atoms with E-state index >= 15 is 0 Å². The molecule has 0 aliphatic rings. The van der Waals surface area contributed by atoms with Crippen LogP contribution in [0.1, 0.15) is 19.4 Å². The maximum atomic E-state index is 13.7. The Hall–Kier alpha value is -1.45. The third-order valence-corrected chi connectivity index (χ3v) is 3.30. The molecule has 0 amide bonds. The molecule has 0 heterocycles. The molecule has 0 radical (unpaired) electrons. The topological polar surface area (TPSA) is 24.1 Å². The lowest BCUT2D eigenvalue weighted by atomic mass is 10.0. The molecule has 0 aromatic heterocycles. The average Bonchev–Trinajstić information content (AvgIpc) is 2.45. The van der Waals surface area contributed by atoms with E-state index in [1.54, 1.807) is 6.07 Å². The van der Waals surface area contributed by atoms with Crippen LogP contribution in [-0.2, 0) is 6.54 Å². The van der Waals surface area contributed by atoms with Gasteiger partial charge < -0.3 is 10.6 Å². The number of benzene rings is 2. The molecule has 3 heteroatoms. The molecule has 2 aromatic carbocycles. The second-order valence-corrected chi connectivity index (χ2v) is 4.84. The largest absolute Gasteiger partial charge is 0.315 e. The van der Waals surface area contributed by atoms with Crippen LogP contribution in [0.15, 0.2) is 36.4 Å². The van der Waals surface area contributed by atoms with Crippen molar-refractivity contribution in [2.45, 2.75) is 26.4 Å². The minimum absolute atomic E-state index is 0.153.